The number of hydrogen-bond donors (Lipinski definition) is 1. The van der Waals surface area contributed by atoms with Gasteiger partial charge in [-0.1, -0.05) is 0 Å². The van der Waals surface area contributed by atoms with Gasteiger partial charge in [0.2, 0.25) is 0 Å². The van der Waals surface area contributed by atoms with Gasteiger partial charge in [-0.25, -0.2) is 18.4 Å². The molecule has 0 aliphatic rings. The fourth-order valence-corrected chi connectivity index (χ4v) is 2.31. The SMILES string of the molecule is COC(=O)c1ccc(F)cc1O.COC(=O)c1ccc(F)cc1Oc1ccc([N+](=O)[O-])nc1. The van der Waals surface area contributed by atoms with Crippen LogP contribution in [0.1, 0.15) is 20.7 Å². The summed E-state index contributed by atoms with van der Waals surface area (Å²) in [6.07, 6.45) is 1.10. The van der Waals surface area contributed by atoms with Gasteiger partial charge in [0.15, 0.2) is 11.9 Å². The Balaban J connectivity index is 0.000000273. The Bertz CT molecular complexity index is 1170. The van der Waals surface area contributed by atoms with Crippen LogP contribution in [0.4, 0.5) is 14.6 Å². The number of phenolic OH excluding ortho intramolecular Hbond substituents is 1. The Morgan fingerprint density at radius 3 is 2.03 bits per heavy atom. The van der Waals surface area contributed by atoms with Gasteiger partial charge >= 0.3 is 17.8 Å². The van der Waals surface area contributed by atoms with E-state index in [9.17, 15) is 28.5 Å². The Hall–Kier alpha value is -4.61. The van der Waals surface area contributed by atoms with Crippen LogP contribution < -0.4 is 4.74 Å². The van der Waals surface area contributed by atoms with Crippen LogP contribution in [0.5, 0.6) is 17.2 Å². The van der Waals surface area contributed by atoms with Gasteiger partial charge < -0.3 is 29.4 Å². The predicted molar refractivity (Wildman–Crippen MR) is 108 cm³/mol. The summed E-state index contributed by atoms with van der Waals surface area (Å²) in [4.78, 5) is 35.8. The van der Waals surface area contributed by atoms with Crippen LogP contribution in [0.3, 0.4) is 0 Å². The number of hydrogen-bond acceptors (Lipinski definition) is 9. The van der Waals surface area contributed by atoms with Crippen LogP contribution in [0, 0.1) is 21.7 Å². The van der Waals surface area contributed by atoms with Crippen LogP contribution in [0.15, 0.2) is 54.7 Å². The summed E-state index contributed by atoms with van der Waals surface area (Å²) in [7, 11) is 2.37. The molecule has 12 heteroatoms. The zero-order valence-electron chi connectivity index (χ0n) is 17.2. The highest BCUT2D eigenvalue weighted by Gasteiger charge is 2.16. The van der Waals surface area contributed by atoms with E-state index in [0.29, 0.717) is 0 Å². The Morgan fingerprint density at radius 2 is 1.52 bits per heavy atom. The van der Waals surface area contributed by atoms with Crippen molar-refractivity contribution in [2.45, 2.75) is 0 Å². The van der Waals surface area contributed by atoms with Crippen molar-refractivity contribution in [3.63, 3.8) is 0 Å². The van der Waals surface area contributed by atoms with E-state index in [1.54, 1.807) is 0 Å². The first-order valence-corrected chi connectivity index (χ1v) is 8.89. The summed E-state index contributed by atoms with van der Waals surface area (Å²) in [5.41, 5.74) is -0.0175. The van der Waals surface area contributed by atoms with Gasteiger partial charge in [0.05, 0.1) is 14.2 Å². The van der Waals surface area contributed by atoms with E-state index in [1.807, 2.05) is 0 Å². The average Bonchev–Trinajstić information content (AvgIpc) is 2.79. The zero-order valence-corrected chi connectivity index (χ0v) is 17.2. The second-order valence-corrected chi connectivity index (χ2v) is 6.00. The molecule has 172 valence electrons. The maximum absolute atomic E-state index is 13.3. The number of esters is 2. The molecule has 1 heterocycles. The normalized spacial score (nSPS) is 9.82. The van der Waals surface area contributed by atoms with E-state index in [2.05, 4.69) is 14.5 Å². The molecule has 10 nitrogen and oxygen atoms in total. The Labute approximate surface area is 185 Å². The second-order valence-electron chi connectivity index (χ2n) is 6.00. The molecular formula is C21H16F2N2O8. The summed E-state index contributed by atoms with van der Waals surface area (Å²) in [6, 6.07) is 8.83. The molecule has 2 aromatic carbocycles. The molecule has 0 amide bonds. The van der Waals surface area contributed by atoms with Gasteiger partial charge in [0.1, 0.15) is 34.3 Å². The van der Waals surface area contributed by atoms with Gasteiger partial charge in [-0.2, -0.15) is 0 Å². The number of halogens is 2. The van der Waals surface area contributed by atoms with Crippen molar-refractivity contribution in [1.29, 1.82) is 0 Å². The van der Waals surface area contributed by atoms with Crippen LogP contribution in [0.2, 0.25) is 0 Å². The lowest BCUT2D eigenvalue weighted by molar-refractivity contribution is -0.389. The number of nitrogens with zero attached hydrogens (tertiary/aromatic N) is 2. The molecule has 1 N–H and O–H groups in total. The number of carbonyl (C=O) groups excluding carboxylic acids is 2. The topological polar surface area (TPSA) is 138 Å². The molecule has 0 spiro atoms. The van der Waals surface area contributed by atoms with Gasteiger partial charge in [-0.3, -0.25) is 0 Å². The van der Waals surface area contributed by atoms with Gasteiger partial charge in [0.25, 0.3) is 0 Å². The van der Waals surface area contributed by atoms with Crippen molar-refractivity contribution in [2.24, 2.45) is 0 Å². The van der Waals surface area contributed by atoms with E-state index >= 15 is 0 Å². The number of phenols is 1. The third-order valence-electron chi connectivity index (χ3n) is 3.85. The van der Waals surface area contributed by atoms with Gasteiger partial charge in [-0.05, 0) is 40.2 Å². The summed E-state index contributed by atoms with van der Waals surface area (Å²) in [5, 5.41) is 19.5. The summed E-state index contributed by atoms with van der Waals surface area (Å²) in [5.74, 6) is -3.30. The predicted octanol–water partition coefficient (Wildman–Crippen LogP) is 4.03. The number of aromatic hydroxyl groups is 1. The van der Waals surface area contributed by atoms with Crippen molar-refractivity contribution < 1.29 is 42.6 Å². The zero-order chi connectivity index (χ0) is 24.5. The number of carbonyl (C=O) groups is 2. The molecule has 0 bridgehead atoms. The van der Waals surface area contributed by atoms with Crippen LogP contribution in [-0.2, 0) is 9.47 Å². The fraction of sp³-hybridized carbons (Fsp3) is 0.0952. The monoisotopic (exact) mass is 462 g/mol. The minimum Gasteiger partial charge on any atom is -0.507 e. The molecule has 3 aromatic rings. The minimum absolute atomic E-state index is 0.0252. The summed E-state index contributed by atoms with van der Waals surface area (Å²) >= 11 is 0. The lowest BCUT2D eigenvalue weighted by atomic mass is 10.2. The Kier molecular flexibility index (Phi) is 8.32. The molecule has 0 saturated heterocycles. The summed E-state index contributed by atoms with van der Waals surface area (Å²) < 4.78 is 39.9. The highest BCUT2D eigenvalue weighted by molar-refractivity contribution is 5.92. The molecule has 0 atom stereocenters. The van der Waals surface area contributed by atoms with E-state index < -0.39 is 34.2 Å². The maximum atomic E-state index is 13.3. The molecular weight excluding hydrogens is 446 g/mol. The lowest BCUT2D eigenvalue weighted by Gasteiger charge is -2.08. The molecule has 1 aromatic heterocycles. The first-order valence-electron chi connectivity index (χ1n) is 8.89. The smallest absolute Gasteiger partial charge is 0.363 e. The quantitative estimate of drug-likeness (QED) is 0.338. The number of aromatic nitrogens is 1. The molecule has 0 aliphatic heterocycles. The number of benzene rings is 2. The van der Waals surface area contributed by atoms with Crippen LogP contribution in [-0.4, -0.2) is 41.2 Å². The lowest BCUT2D eigenvalue weighted by Crippen LogP contribution is -2.04. The molecule has 0 unspecified atom stereocenters. The molecule has 33 heavy (non-hydrogen) atoms. The highest BCUT2D eigenvalue weighted by Crippen LogP contribution is 2.27. The van der Waals surface area contributed by atoms with Gasteiger partial charge in [0, 0.05) is 18.2 Å². The van der Waals surface area contributed by atoms with Crippen LogP contribution >= 0.6 is 0 Å². The third-order valence-corrected chi connectivity index (χ3v) is 3.85. The van der Waals surface area contributed by atoms with Crippen molar-refractivity contribution in [3.8, 4) is 17.2 Å². The van der Waals surface area contributed by atoms with E-state index in [1.165, 1.54) is 26.4 Å². The van der Waals surface area contributed by atoms with E-state index in [-0.39, 0.29) is 28.4 Å². The molecule has 0 saturated carbocycles. The van der Waals surface area contributed by atoms with E-state index in [4.69, 9.17) is 9.84 Å². The second kappa shape index (κ2) is 11.1. The van der Waals surface area contributed by atoms with Crippen molar-refractivity contribution in [3.05, 3.63) is 87.6 Å². The molecule has 0 radical (unpaired) electrons. The van der Waals surface area contributed by atoms with Crippen LogP contribution in [0.25, 0.3) is 0 Å². The standard InChI is InChI=1S/C13H9FN2O5.C8H7FO3/c1-20-13(17)10-4-2-8(14)6-11(10)21-9-3-5-12(15-7-9)16(18)19;1-12-8(11)6-3-2-5(9)4-7(6)10/h2-7H,1H3;2-4,10H,1H3. The molecule has 0 fully saturated rings. The van der Waals surface area contributed by atoms with Gasteiger partial charge in [-0.15, -0.1) is 0 Å². The van der Waals surface area contributed by atoms with Crippen molar-refractivity contribution >= 4 is 17.8 Å². The minimum atomic E-state index is -0.695. The number of methoxy groups -OCH3 is 2. The maximum Gasteiger partial charge on any atom is 0.363 e. The number of nitro groups is 1. The first kappa shape index (κ1) is 24.7. The number of rotatable bonds is 5. The molecule has 3 rings (SSSR count). The molecule has 0 aliphatic carbocycles. The highest BCUT2D eigenvalue weighted by atomic mass is 19.1. The number of ether oxygens (including phenoxy) is 3. The summed E-state index contributed by atoms with van der Waals surface area (Å²) in [6.45, 7) is 0. The Morgan fingerprint density at radius 1 is 0.939 bits per heavy atom. The van der Waals surface area contributed by atoms with Crippen molar-refractivity contribution in [1.82, 2.24) is 4.98 Å². The van der Waals surface area contributed by atoms with Crippen molar-refractivity contribution in [2.75, 3.05) is 14.2 Å². The fourth-order valence-electron chi connectivity index (χ4n) is 2.31. The largest absolute Gasteiger partial charge is 0.507 e. The average molecular weight is 462 g/mol. The third kappa shape index (κ3) is 6.69. The number of pyridine rings is 1. The van der Waals surface area contributed by atoms with E-state index in [0.717, 1.165) is 42.6 Å². The first-order chi connectivity index (χ1) is 15.7.